The van der Waals surface area contributed by atoms with Crippen molar-refractivity contribution in [2.24, 2.45) is 5.92 Å². The summed E-state index contributed by atoms with van der Waals surface area (Å²) < 4.78 is 19.1. The maximum absolute atomic E-state index is 13.6. The van der Waals surface area contributed by atoms with Gasteiger partial charge in [0.05, 0.1) is 12.7 Å². The van der Waals surface area contributed by atoms with Crippen LogP contribution >= 0.6 is 0 Å². The number of aromatic nitrogens is 2. The third-order valence-corrected chi connectivity index (χ3v) is 4.22. The lowest BCUT2D eigenvalue weighted by molar-refractivity contribution is 0.00182. The molecule has 128 valence electrons. The highest BCUT2D eigenvalue weighted by molar-refractivity contribution is 5.23. The molecule has 2 N–H and O–H groups in total. The number of aromatic amines is 1. The fraction of sp³-hybridized carbons (Fsp3) is 0.412. The largest absolute Gasteiger partial charge is 0.490 e. The fourth-order valence-electron chi connectivity index (χ4n) is 2.87. The number of hydrogen-bond acceptors (Lipinski definition) is 5. The minimum atomic E-state index is -0.505. The van der Waals surface area contributed by atoms with Crippen LogP contribution in [0.4, 0.5) is 4.39 Å². The summed E-state index contributed by atoms with van der Waals surface area (Å²) in [7, 11) is 0. The van der Waals surface area contributed by atoms with E-state index in [0.29, 0.717) is 31.7 Å². The van der Waals surface area contributed by atoms with Gasteiger partial charge >= 0.3 is 0 Å². The highest BCUT2D eigenvalue weighted by atomic mass is 19.1. The number of benzene rings is 1. The summed E-state index contributed by atoms with van der Waals surface area (Å²) in [6.07, 6.45) is 3.12. The van der Waals surface area contributed by atoms with Crippen molar-refractivity contribution >= 4 is 0 Å². The molecule has 1 aliphatic heterocycles. The zero-order chi connectivity index (χ0) is 16.9. The predicted octanol–water partition coefficient (Wildman–Crippen LogP) is 1.17. The van der Waals surface area contributed by atoms with E-state index in [1.165, 1.54) is 12.3 Å². The number of aliphatic hydroxyl groups is 1. The SMILES string of the molecule is O=c1[nH]ccnc1CN1CCC(O)C(COc2ccccc2F)C1. The summed E-state index contributed by atoms with van der Waals surface area (Å²) >= 11 is 0. The first-order valence-corrected chi connectivity index (χ1v) is 7.94. The summed E-state index contributed by atoms with van der Waals surface area (Å²) in [5, 5.41) is 10.2. The number of ether oxygens (including phenoxy) is 1. The normalized spacial score (nSPS) is 21.6. The van der Waals surface area contributed by atoms with Gasteiger partial charge in [0.1, 0.15) is 5.69 Å². The molecule has 0 saturated carbocycles. The molecule has 2 aromatic rings. The Morgan fingerprint density at radius 3 is 3.04 bits per heavy atom. The molecule has 2 heterocycles. The van der Waals surface area contributed by atoms with Crippen LogP contribution in [0.25, 0.3) is 0 Å². The Morgan fingerprint density at radius 2 is 2.25 bits per heavy atom. The highest BCUT2D eigenvalue weighted by Crippen LogP contribution is 2.21. The molecular weight excluding hydrogens is 313 g/mol. The van der Waals surface area contributed by atoms with Gasteiger partial charge in [-0.3, -0.25) is 14.7 Å². The van der Waals surface area contributed by atoms with E-state index in [0.717, 1.165) is 0 Å². The summed E-state index contributed by atoms with van der Waals surface area (Å²) in [5.74, 6) is -0.385. The van der Waals surface area contributed by atoms with Crippen LogP contribution in [0.15, 0.2) is 41.5 Å². The Kier molecular flexibility index (Phi) is 5.22. The Morgan fingerprint density at radius 1 is 1.42 bits per heavy atom. The molecule has 2 unspecified atom stereocenters. The fourth-order valence-corrected chi connectivity index (χ4v) is 2.87. The number of H-pyrrole nitrogens is 1. The van der Waals surface area contributed by atoms with Crippen molar-refractivity contribution in [2.45, 2.75) is 19.1 Å². The van der Waals surface area contributed by atoms with E-state index in [1.807, 2.05) is 0 Å². The standard InChI is InChI=1S/C17H20FN3O3/c18-13-3-1-2-4-16(13)24-11-12-9-21(8-5-15(12)22)10-14-17(23)20-7-6-19-14/h1-4,6-7,12,15,22H,5,8-11H2,(H,20,23). The quantitative estimate of drug-likeness (QED) is 0.859. The van der Waals surface area contributed by atoms with Crippen LogP contribution in [0, 0.1) is 11.7 Å². The van der Waals surface area contributed by atoms with Gasteiger partial charge in [0.25, 0.3) is 5.56 Å². The Balaban J connectivity index is 1.60. The molecule has 1 aliphatic rings. The Bertz CT molecular complexity index is 737. The number of nitrogens with one attached hydrogen (secondary N) is 1. The molecule has 24 heavy (non-hydrogen) atoms. The molecule has 0 bridgehead atoms. The second-order valence-corrected chi connectivity index (χ2v) is 5.96. The second kappa shape index (κ2) is 7.55. The number of aliphatic hydroxyl groups excluding tert-OH is 1. The van der Waals surface area contributed by atoms with E-state index in [-0.39, 0.29) is 23.8 Å². The van der Waals surface area contributed by atoms with Crippen molar-refractivity contribution < 1.29 is 14.2 Å². The van der Waals surface area contributed by atoms with E-state index >= 15 is 0 Å². The third-order valence-electron chi connectivity index (χ3n) is 4.22. The Hall–Kier alpha value is -2.25. The van der Waals surface area contributed by atoms with Gasteiger partial charge < -0.3 is 14.8 Å². The number of likely N-dealkylation sites (tertiary alicyclic amines) is 1. The summed E-state index contributed by atoms with van der Waals surface area (Å²) in [6.45, 7) is 1.87. The lowest BCUT2D eigenvalue weighted by Crippen LogP contribution is -2.45. The lowest BCUT2D eigenvalue weighted by atomic mass is 9.95. The molecule has 1 saturated heterocycles. The minimum Gasteiger partial charge on any atom is -0.490 e. The van der Waals surface area contributed by atoms with Crippen LogP contribution in [-0.4, -0.2) is 45.8 Å². The summed E-state index contributed by atoms with van der Waals surface area (Å²) in [4.78, 5) is 20.5. The van der Waals surface area contributed by atoms with E-state index in [1.54, 1.807) is 24.4 Å². The number of halogens is 1. The highest BCUT2D eigenvalue weighted by Gasteiger charge is 2.29. The zero-order valence-corrected chi connectivity index (χ0v) is 13.2. The molecule has 1 aromatic carbocycles. The number of nitrogens with zero attached hydrogens (tertiary/aromatic N) is 2. The molecule has 3 rings (SSSR count). The zero-order valence-electron chi connectivity index (χ0n) is 13.2. The van der Waals surface area contributed by atoms with Crippen LogP contribution in [0.3, 0.4) is 0 Å². The van der Waals surface area contributed by atoms with Crippen molar-refractivity contribution in [1.29, 1.82) is 0 Å². The number of rotatable bonds is 5. The van der Waals surface area contributed by atoms with Crippen LogP contribution in [0.1, 0.15) is 12.1 Å². The van der Waals surface area contributed by atoms with E-state index in [2.05, 4.69) is 14.9 Å². The molecule has 0 spiro atoms. The van der Waals surface area contributed by atoms with Gasteiger partial charge in [-0.1, -0.05) is 12.1 Å². The molecule has 1 aromatic heterocycles. The van der Waals surface area contributed by atoms with Gasteiger partial charge in [-0.05, 0) is 18.6 Å². The predicted molar refractivity (Wildman–Crippen MR) is 86.1 cm³/mol. The van der Waals surface area contributed by atoms with Crippen LogP contribution in [0.2, 0.25) is 0 Å². The van der Waals surface area contributed by atoms with Gasteiger partial charge in [-0.15, -0.1) is 0 Å². The lowest BCUT2D eigenvalue weighted by Gasteiger charge is -2.35. The van der Waals surface area contributed by atoms with Gasteiger partial charge in [0, 0.05) is 37.9 Å². The van der Waals surface area contributed by atoms with Crippen LogP contribution in [-0.2, 0) is 6.54 Å². The average Bonchev–Trinajstić information content (AvgIpc) is 2.58. The number of hydrogen-bond donors (Lipinski definition) is 2. The van der Waals surface area contributed by atoms with E-state index in [4.69, 9.17) is 4.74 Å². The maximum Gasteiger partial charge on any atom is 0.270 e. The molecule has 1 fully saturated rings. The summed E-state index contributed by atoms with van der Waals surface area (Å²) in [6, 6.07) is 6.21. The number of para-hydroxylation sites is 1. The van der Waals surface area contributed by atoms with Gasteiger partial charge in [-0.25, -0.2) is 4.39 Å². The van der Waals surface area contributed by atoms with Crippen molar-refractivity contribution in [3.63, 3.8) is 0 Å². The summed E-state index contributed by atoms with van der Waals surface area (Å²) in [5.41, 5.74) is 0.241. The second-order valence-electron chi connectivity index (χ2n) is 5.96. The van der Waals surface area contributed by atoms with Crippen molar-refractivity contribution in [1.82, 2.24) is 14.9 Å². The van der Waals surface area contributed by atoms with Crippen LogP contribution in [0.5, 0.6) is 5.75 Å². The van der Waals surface area contributed by atoms with Gasteiger partial charge in [-0.2, -0.15) is 0 Å². The smallest absolute Gasteiger partial charge is 0.270 e. The minimum absolute atomic E-state index is 0.152. The van der Waals surface area contributed by atoms with Crippen molar-refractivity contribution in [3.05, 3.63) is 58.5 Å². The molecule has 0 radical (unpaired) electrons. The third kappa shape index (κ3) is 3.98. The molecule has 2 atom stereocenters. The van der Waals surface area contributed by atoms with Gasteiger partial charge in [0.15, 0.2) is 11.6 Å². The van der Waals surface area contributed by atoms with E-state index in [9.17, 15) is 14.3 Å². The first-order chi connectivity index (χ1) is 11.6. The molecule has 0 aliphatic carbocycles. The first kappa shape index (κ1) is 16.6. The monoisotopic (exact) mass is 333 g/mol. The molecular formula is C17H20FN3O3. The van der Waals surface area contributed by atoms with Gasteiger partial charge in [0.2, 0.25) is 0 Å². The molecule has 6 nitrogen and oxygen atoms in total. The van der Waals surface area contributed by atoms with Crippen molar-refractivity contribution in [3.8, 4) is 5.75 Å². The molecule has 7 heteroatoms. The Labute approximate surface area is 138 Å². The van der Waals surface area contributed by atoms with E-state index < -0.39 is 11.9 Å². The van der Waals surface area contributed by atoms with Crippen LogP contribution < -0.4 is 10.3 Å². The number of piperidine rings is 1. The first-order valence-electron chi connectivity index (χ1n) is 7.94. The maximum atomic E-state index is 13.6. The molecule has 0 amide bonds. The average molecular weight is 333 g/mol. The topological polar surface area (TPSA) is 78.5 Å². The van der Waals surface area contributed by atoms with Crippen molar-refractivity contribution in [2.75, 3.05) is 19.7 Å².